The topological polar surface area (TPSA) is 52.7 Å². The summed E-state index contributed by atoms with van der Waals surface area (Å²) in [6, 6.07) is 13.9. The zero-order chi connectivity index (χ0) is 19.0. The van der Waals surface area contributed by atoms with Crippen molar-refractivity contribution in [3.05, 3.63) is 77.2 Å². The highest BCUT2D eigenvalue weighted by Crippen LogP contribution is 2.25. The summed E-state index contributed by atoms with van der Waals surface area (Å²) in [7, 11) is 0. The standard InChI is InChI=1S/C20H16FN3O2S/c21-16-7-3-4-8-17(16)24-19(26)15(18(25)22-20(24)27)12-23-10-9-13-5-1-2-6-14(13)11-23/h1-8,12H,9-11H2,(H,22,25,27)/b15-12+. The van der Waals surface area contributed by atoms with Crippen molar-refractivity contribution in [2.24, 2.45) is 0 Å². The van der Waals surface area contributed by atoms with Crippen LogP contribution >= 0.6 is 12.2 Å². The molecule has 0 unspecified atom stereocenters. The molecule has 0 bridgehead atoms. The van der Waals surface area contributed by atoms with Gasteiger partial charge in [-0.25, -0.2) is 9.29 Å². The highest BCUT2D eigenvalue weighted by molar-refractivity contribution is 7.80. The molecule has 0 saturated carbocycles. The van der Waals surface area contributed by atoms with Gasteiger partial charge in [-0.05, 0) is 41.9 Å². The predicted octanol–water partition coefficient (Wildman–Crippen LogP) is 2.52. The Hall–Kier alpha value is -3.06. The number of para-hydroxylation sites is 1. The van der Waals surface area contributed by atoms with E-state index in [-0.39, 0.29) is 16.4 Å². The van der Waals surface area contributed by atoms with Crippen LogP contribution in [0.3, 0.4) is 0 Å². The number of thiocarbonyl (C=S) groups is 1. The predicted molar refractivity (Wildman–Crippen MR) is 103 cm³/mol. The van der Waals surface area contributed by atoms with Crippen LogP contribution in [0.2, 0.25) is 0 Å². The van der Waals surface area contributed by atoms with Crippen molar-refractivity contribution in [2.45, 2.75) is 13.0 Å². The molecule has 5 nitrogen and oxygen atoms in total. The maximum atomic E-state index is 14.2. The highest BCUT2D eigenvalue weighted by atomic mass is 32.1. The van der Waals surface area contributed by atoms with Gasteiger partial charge < -0.3 is 4.90 Å². The molecule has 2 aromatic carbocycles. The van der Waals surface area contributed by atoms with Gasteiger partial charge in [0.2, 0.25) is 0 Å². The molecule has 0 aliphatic carbocycles. The van der Waals surface area contributed by atoms with Crippen LogP contribution in [0.15, 0.2) is 60.3 Å². The molecule has 2 aromatic rings. The van der Waals surface area contributed by atoms with Crippen LogP contribution < -0.4 is 10.2 Å². The second-order valence-electron chi connectivity index (χ2n) is 6.38. The van der Waals surface area contributed by atoms with Gasteiger partial charge in [0.1, 0.15) is 11.4 Å². The number of amides is 2. The Balaban J connectivity index is 1.65. The fourth-order valence-electron chi connectivity index (χ4n) is 3.31. The first-order valence-electron chi connectivity index (χ1n) is 8.51. The minimum atomic E-state index is -0.632. The van der Waals surface area contributed by atoms with Crippen LogP contribution in [-0.2, 0) is 22.6 Å². The highest BCUT2D eigenvalue weighted by Gasteiger charge is 2.36. The van der Waals surface area contributed by atoms with Crippen molar-refractivity contribution in [2.75, 3.05) is 11.4 Å². The van der Waals surface area contributed by atoms with Crippen molar-refractivity contribution in [3.8, 4) is 0 Å². The fraction of sp³-hybridized carbons (Fsp3) is 0.150. The average Bonchev–Trinajstić information content (AvgIpc) is 2.66. The number of anilines is 1. The zero-order valence-corrected chi connectivity index (χ0v) is 15.1. The van der Waals surface area contributed by atoms with Gasteiger partial charge in [0.15, 0.2) is 5.11 Å². The van der Waals surface area contributed by atoms with Gasteiger partial charge in [0.05, 0.1) is 5.69 Å². The molecular formula is C20H16FN3O2S. The smallest absolute Gasteiger partial charge is 0.271 e. The summed E-state index contributed by atoms with van der Waals surface area (Å²) >= 11 is 5.10. The Morgan fingerprint density at radius 2 is 1.74 bits per heavy atom. The van der Waals surface area contributed by atoms with Gasteiger partial charge in [0.25, 0.3) is 11.8 Å². The number of nitrogens with zero attached hydrogens (tertiary/aromatic N) is 2. The van der Waals surface area contributed by atoms with E-state index in [2.05, 4.69) is 11.4 Å². The number of rotatable bonds is 2. The molecule has 0 spiro atoms. The molecule has 0 aromatic heterocycles. The summed E-state index contributed by atoms with van der Waals surface area (Å²) in [5.41, 5.74) is 2.38. The average molecular weight is 381 g/mol. The van der Waals surface area contributed by atoms with E-state index >= 15 is 0 Å². The molecule has 2 amide bonds. The molecule has 0 atom stereocenters. The van der Waals surface area contributed by atoms with Crippen LogP contribution in [0.4, 0.5) is 10.1 Å². The molecule has 2 heterocycles. The third-order valence-electron chi connectivity index (χ3n) is 4.67. The number of hydrogen-bond acceptors (Lipinski definition) is 4. The number of halogens is 1. The monoisotopic (exact) mass is 381 g/mol. The van der Waals surface area contributed by atoms with Gasteiger partial charge in [-0.2, -0.15) is 0 Å². The molecule has 0 radical (unpaired) electrons. The van der Waals surface area contributed by atoms with E-state index in [0.717, 1.165) is 16.9 Å². The summed E-state index contributed by atoms with van der Waals surface area (Å²) in [6.45, 7) is 1.29. The molecule has 4 rings (SSSR count). The number of hydrogen-bond donors (Lipinski definition) is 1. The number of carbonyl (C=O) groups is 2. The Kier molecular flexibility index (Phi) is 4.45. The number of nitrogens with one attached hydrogen (secondary N) is 1. The van der Waals surface area contributed by atoms with Crippen molar-refractivity contribution in [1.82, 2.24) is 10.2 Å². The number of fused-ring (bicyclic) bond motifs is 1. The number of benzene rings is 2. The maximum absolute atomic E-state index is 14.2. The van der Waals surface area contributed by atoms with E-state index < -0.39 is 17.6 Å². The van der Waals surface area contributed by atoms with Crippen molar-refractivity contribution in [1.29, 1.82) is 0 Å². The Morgan fingerprint density at radius 3 is 2.52 bits per heavy atom. The summed E-state index contributed by atoms with van der Waals surface area (Å²) in [4.78, 5) is 28.2. The molecule has 27 heavy (non-hydrogen) atoms. The zero-order valence-electron chi connectivity index (χ0n) is 14.3. The third-order valence-corrected chi connectivity index (χ3v) is 4.95. The van der Waals surface area contributed by atoms with E-state index in [0.29, 0.717) is 13.1 Å². The van der Waals surface area contributed by atoms with E-state index in [9.17, 15) is 14.0 Å². The second-order valence-corrected chi connectivity index (χ2v) is 6.77. The summed E-state index contributed by atoms with van der Waals surface area (Å²) in [5.74, 6) is -1.79. The van der Waals surface area contributed by atoms with E-state index in [1.165, 1.54) is 23.8 Å². The quantitative estimate of drug-likeness (QED) is 0.493. The maximum Gasteiger partial charge on any atom is 0.271 e. The minimum absolute atomic E-state index is 0.0161. The van der Waals surface area contributed by atoms with Crippen LogP contribution in [0.1, 0.15) is 11.1 Å². The first kappa shape index (κ1) is 17.4. The first-order valence-corrected chi connectivity index (χ1v) is 8.92. The van der Waals surface area contributed by atoms with Gasteiger partial charge in [0, 0.05) is 19.3 Å². The van der Waals surface area contributed by atoms with Crippen LogP contribution in [0.5, 0.6) is 0 Å². The largest absolute Gasteiger partial charge is 0.372 e. The molecule has 136 valence electrons. The lowest BCUT2D eigenvalue weighted by Gasteiger charge is -2.32. The number of carbonyl (C=O) groups excluding carboxylic acids is 2. The SMILES string of the molecule is O=C1NC(=S)N(c2ccccc2F)C(=O)/C1=C/N1CCc2ccccc2C1. The van der Waals surface area contributed by atoms with Gasteiger partial charge >= 0.3 is 0 Å². The molecule has 1 N–H and O–H groups in total. The van der Waals surface area contributed by atoms with Crippen LogP contribution in [0.25, 0.3) is 0 Å². The molecule has 2 aliphatic heterocycles. The minimum Gasteiger partial charge on any atom is -0.372 e. The molecule has 7 heteroatoms. The molecule has 1 saturated heterocycles. The molecule has 2 aliphatic rings. The van der Waals surface area contributed by atoms with Gasteiger partial charge in [-0.3, -0.25) is 14.9 Å². The van der Waals surface area contributed by atoms with Crippen molar-refractivity contribution in [3.63, 3.8) is 0 Å². The lowest BCUT2D eigenvalue weighted by atomic mass is 10.00. The van der Waals surface area contributed by atoms with Gasteiger partial charge in [-0.15, -0.1) is 0 Å². The Bertz CT molecular complexity index is 989. The first-order chi connectivity index (χ1) is 13.0. The van der Waals surface area contributed by atoms with E-state index in [4.69, 9.17) is 12.2 Å². The van der Waals surface area contributed by atoms with Crippen molar-refractivity contribution >= 4 is 34.8 Å². The van der Waals surface area contributed by atoms with E-state index in [1.54, 1.807) is 12.3 Å². The normalized spacial score (nSPS) is 18.6. The van der Waals surface area contributed by atoms with E-state index in [1.807, 2.05) is 23.1 Å². The summed E-state index contributed by atoms with van der Waals surface area (Å²) in [5, 5.41) is 2.35. The second kappa shape index (κ2) is 6.92. The summed E-state index contributed by atoms with van der Waals surface area (Å²) < 4.78 is 14.2. The molecular weight excluding hydrogens is 365 g/mol. The Morgan fingerprint density at radius 1 is 1.04 bits per heavy atom. The van der Waals surface area contributed by atoms with Crippen LogP contribution in [0, 0.1) is 5.82 Å². The molecule has 1 fully saturated rings. The van der Waals surface area contributed by atoms with Gasteiger partial charge in [-0.1, -0.05) is 36.4 Å². The fourth-order valence-corrected chi connectivity index (χ4v) is 3.58. The Labute approximate surface area is 161 Å². The van der Waals surface area contributed by atoms with Crippen LogP contribution in [-0.4, -0.2) is 28.4 Å². The lowest BCUT2D eigenvalue weighted by molar-refractivity contribution is -0.122. The van der Waals surface area contributed by atoms with Crippen molar-refractivity contribution < 1.29 is 14.0 Å². The lowest BCUT2D eigenvalue weighted by Crippen LogP contribution is -2.55. The third kappa shape index (κ3) is 3.21. The summed E-state index contributed by atoms with van der Waals surface area (Å²) in [6.07, 6.45) is 2.37.